The van der Waals surface area contributed by atoms with Crippen molar-refractivity contribution in [2.45, 2.75) is 52.2 Å². The van der Waals surface area contributed by atoms with Gasteiger partial charge in [-0.15, -0.1) is 0 Å². The second kappa shape index (κ2) is 11.8. The lowest BCUT2D eigenvalue weighted by Crippen LogP contribution is -2.48. The van der Waals surface area contributed by atoms with E-state index in [4.69, 9.17) is 11.5 Å². The van der Waals surface area contributed by atoms with Crippen LogP contribution in [0.5, 0.6) is 0 Å². The summed E-state index contributed by atoms with van der Waals surface area (Å²) < 4.78 is 0. The molecule has 9 heteroatoms. The highest BCUT2D eigenvalue weighted by Crippen LogP contribution is 2.17. The molecule has 2 rings (SSSR count). The summed E-state index contributed by atoms with van der Waals surface area (Å²) in [5.41, 5.74) is 13.2. The molecule has 0 saturated carbocycles. The van der Waals surface area contributed by atoms with E-state index in [1.807, 2.05) is 44.2 Å². The summed E-state index contributed by atoms with van der Waals surface area (Å²) in [6, 6.07) is 8.59. The van der Waals surface area contributed by atoms with Crippen molar-refractivity contribution in [1.29, 1.82) is 0 Å². The van der Waals surface area contributed by atoms with Gasteiger partial charge >= 0.3 is 0 Å². The number of carbonyl (C=O) groups is 2. The number of nitrogen functional groups attached to an aromatic ring is 1. The van der Waals surface area contributed by atoms with E-state index in [0.717, 1.165) is 5.56 Å². The molecular formula is C23H32N6O3. The number of hydrogen-bond donors (Lipinski definition) is 5. The summed E-state index contributed by atoms with van der Waals surface area (Å²) in [6.45, 7) is 5.49. The normalized spacial score (nSPS) is 14.3. The maximum absolute atomic E-state index is 12.8. The van der Waals surface area contributed by atoms with Crippen LogP contribution >= 0.6 is 0 Å². The number of benzene rings is 1. The van der Waals surface area contributed by atoms with E-state index in [-0.39, 0.29) is 41.9 Å². The average Bonchev–Trinajstić information content (AvgIpc) is 2.77. The first kappa shape index (κ1) is 24.8. The van der Waals surface area contributed by atoms with Gasteiger partial charge in [0.15, 0.2) is 5.82 Å². The Labute approximate surface area is 188 Å². The summed E-state index contributed by atoms with van der Waals surface area (Å²) in [7, 11) is 0. The maximum atomic E-state index is 12.8. The quantitative estimate of drug-likeness (QED) is 0.378. The van der Waals surface area contributed by atoms with E-state index >= 15 is 0 Å². The highest BCUT2D eigenvalue weighted by molar-refractivity contribution is 5.98. The largest absolute Gasteiger partial charge is 0.400 e. The topological polar surface area (TPSA) is 156 Å². The van der Waals surface area contributed by atoms with Crippen molar-refractivity contribution in [2.75, 3.05) is 11.1 Å². The summed E-state index contributed by atoms with van der Waals surface area (Å²) in [5, 5.41) is 15.7. The molecular weight excluding hydrogens is 408 g/mol. The van der Waals surface area contributed by atoms with Crippen molar-refractivity contribution in [2.24, 2.45) is 11.7 Å². The zero-order valence-electron chi connectivity index (χ0n) is 18.7. The first-order valence-corrected chi connectivity index (χ1v) is 10.6. The van der Waals surface area contributed by atoms with Crippen molar-refractivity contribution in [3.05, 3.63) is 53.6 Å². The van der Waals surface area contributed by atoms with Gasteiger partial charge in [0.05, 0.1) is 12.3 Å². The van der Waals surface area contributed by atoms with Gasteiger partial charge in [-0.3, -0.25) is 9.59 Å². The van der Waals surface area contributed by atoms with Crippen LogP contribution in [0.3, 0.4) is 0 Å². The molecule has 0 fully saturated rings. The highest BCUT2D eigenvalue weighted by atomic mass is 16.3. The van der Waals surface area contributed by atoms with Crippen LogP contribution in [0, 0.1) is 12.8 Å². The number of nitrogens with two attached hydrogens (primary N) is 2. The van der Waals surface area contributed by atoms with E-state index in [1.165, 1.54) is 6.20 Å². The molecule has 0 unspecified atom stereocenters. The highest BCUT2D eigenvalue weighted by Gasteiger charge is 2.27. The van der Waals surface area contributed by atoms with Crippen LogP contribution in [0.2, 0.25) is 0 Å². The zero-order valence-corrected chi connectivity index (χ0v) is 18.7. The van der Waals surface area contributed by atoms with Crippen LogP contribution in [0.4, 0.5) is 11.5 Å². The van der Waals surface area contributed by atoms with Crippen LogP contribution in [-0.4, -0.2) is 39.0 Å². The minimum absolute atomic E-state index is 0.0144. The molecule has 0 aliphatic heterocycles. The zero-order chi connectivity index (χ0) is 23.7. The van der Waals surface area contributed by atoms with E-state index in [1.54, 1.807) is 13.0 Å². The first-order chi connectivity index (χ1) is 15.2. The molecule has 9 nitrogen and oxygen atoms in total. The lowest BCUT2D eigenvalue weighted by molar-refractivity contribution is -0.127. The Kier molecular flexibility index (Phi) is 9.15. The SMILES string of the molecule is CC[C@H](C)[C@H](NC(=O)CC[C@H](O)/C(N)=C/c1ccccc1)C(=O)Nc1cnc(C)nc1N. The summed E-state index contributed by atoms with van der Waals surface area (Å²) in [6.07, 6.45) is 2.96. The molecule has 0 aliphatic carbocycles. The lowest BCUT2D eigenvalue weighted by atomic mass is 9.97. The molecule has 7 N–H and O–H groups in total. The monoisotopic (exact) mass is 440 g/mol. The number of aliphatic hydroxyl groups excluding tert-OH is 1. The smallest absolute Gasteiger partial charge is 0.247 e. The van der Waals surface area contributed by atoms with E-state index < -0.39 is 18.1 Å². The van der Waals surface area contributed by atoms with Gasteiger partial charge in [-0.25, -0.2) is 9.97 Å². The van der Waals surface area contributed by atoms with Crippen LogP contribution in [0.15, 0.2) is 42.2 Å². The fourth-order valence-electron chi connectivity index (χ4n) is 3.01. The Balaban J connectivity index is 1.97. The molecule has 0 spiro atoms. The number of hydrogen-bond acceptors (Lipinski definition) is 7. The van der Waals surface area contributed by atoms with Crippen molar-refractivity contribution >= 4 is 29.4 Å². The van der Waals surface area contributed by atoms with Crippen molar-refractivity contribution in [1.82, 2.24) is 15.3 Å². The molecule has 3 atom stereocenters. The molecule has 2 amide bonds. The Morgan fingerprint density at radius 3 is 2.56 bits per heavy atom. The van der Waals surface area contributed by atoms with Gasteiger partial charge < -0.3 is 27.2 Å². The van der Waals surface area contributed by atoms with Crippen LogP contribution in [0.1, 0.15) is 44.5 Å². The molecule has 1 heterocycles. The number of anilines is 2. The van der Waals surface area contributed by atoms with Crippen molar-refractivity contribution in [3.8, 4) is 0 Å². The molecule has 2 aromatic rings. The molecule has 172 valence electrons. The number of nitrogens with one attached hydrogen (secondary N) is 2. The summed E-state index contributed by atoms with van der Waals surface area (Å²) >= 11 is 0. The molecule has 0 radical (unpaired) electrons. The second-order valence-corrected chi connectivity index (χ2v) is 7.75. The Hall–Kier alpha value is -3.46. The summed E-state index contributed by atoms with van der Waals surface area (Å²) in [4.78, 5) is 33.4. The van der Waals surface area contributed by atoms with E-state index in [9.17, 15) is 14.7 Å². The van der Waals surface area contributed by atoms with Gasteiger partial charge in [-0.1, -0.05) is 50.6 Å². The maximum Gasteiger partial charge on any atom is 0.247 e. The van der Waals surface area contributed by atoms with Crippen molar-refractivity contribution < 1.29 is 14.7 Å². The fraction of sp³-hybridized carbons (Fsp3) is 0.391. The van der Waals surface area contributed by atoms with Gasteiger partial charge in [-0.2, -0.15) is 0 Å². The van der Waals surface area contributed by atoms with Gasteiger partial charge in [-0.05, 0) is 30.9 Å². The third-order valence-electron chi connectivity index (χ3n) is 5.17. The Morgan fingerprint density at radius 1 is 1.25 bits per heavy atom. The average molecular weight is 441 g/mol. The molecule has 0 aliphatic rings. The molecule has 32 heavy (non-hydrogen) atoms. The molecule has 0 bridgehead atoms. The summed E-state index contributed by atoms with van der Waals surface area (Å²) in [5.74, 6) is -0.240. The van der Waals surface area contributed by atoms with E-state index in [2.05, 4.69) is 20.6 Å². The number of rotatable bonds is 10. The lowest BCUT2D eigenvalue weighted by Gasteiger charge is -2.24. The minimum Gasteiger partial charge on any atom is -0.400 e. The van der Waals surface area contributed by atoms with Crippen molar-refractivity contribution in [3.63, 3.8) is 0 Å². The van der Waals surface area contributed by atoms with Crippen LogP contribution < -0.4 is 22.1 Å². The standard InChI is InChI=1S/C23H32N6O3/c1-4-14(2)21(23(32)28-18-13-26-15(3)27-22(18)25)29-20(31)11-10-19(30)17(24)12-16-8-6-5-7-9-16/h5-9,12-14,19,21,30H,4,10-11,24H2,1-3H3,(H,28,32)(H,29,31)(H2,25,26,27)/b17-12-/t14-,19-,21-/m0/s1. The molecule has 1 aromatic carbocycles. The van der Waals surface area contributed by atoms with E-state index in [0.29, 0.717) is 12.2 Å². The van der Waals surface area contributed by atoms with Gasteiger partial charge in [0.1, 0.15) is 17.6 Å². The Morgan fingerprint density at radius 2 is 1.94 bits per heavy atom. The number of amides is 2. The number of aryl methyl sites for hydroxylation is 1. The molecule has 1 aromatic heterocycles. The first-order valence-electron chi connectivity index (χ1n) is 10.6. The predicted molar refractivity (Wildman–Crippen MR) is 125 cm³/mol. The van der Waals surface area contributed by atoms with Gasteiger partial charge in [0, 0.05) is 12.1 Å². The predicted octanol–water partition coefficient (Wildman–Crippen LogP) is 1.98. The Bertz CT molecular complexity index is 948. The minimum atomic E-state index is -0.971. The number of aromatic nitrogens is 2. The van der Waals surface area contributed by atoms with Crippen LogP contribution in [0.25, 0.3) is 6.08 Å². The molecule has 0 saturated heterocycles. The second-order valence-electron chi connectivity index (χ2n) is 7.75. The van der Waals surface area contributed by atoms with Gasteiger partial charge in [0.2, 0.25) is 11.8 Å². The van der Waals surface area contributed by atoms with Gasteiger partial charge in [0.25, 0.3) is 0 Å². The van der Waals surface area contributed by atoms with Crippen LogP contribution in [-0.2, 0) is 9.59 Å². The number of aliphatic hydroxyl groups is 1. The third-order valence-corrected chi connectivity index (χ3v) is 5.17. The third kappa shape index (κ3) is 7.35. The number of carbonyl (C=O) groups excluding carboxylic acids is 2. The fourth-order valence-corrected chi connectivity index (χ4v) is 3.01. The number of nitrogens with zero attached hydrogens (tertiary/aromatic N) is 2.